The van der Waals surface area contributed by atoms with Crippen molar-refractivity contribution in [3.8, 4) is 6.07 Å². The number of pyridine rings is 1. The first-order valence-electron chi connectivity index (χ1n) is 13.3. The fourth-order valence-electron chi connectivity index (χ4n) is 5.95. The van der Waals surface area contributed by atoms with Gasteiger partial charge in [0.05, 0.1) is 35.5 Å². The van der Waals surface area contributed by atoms with Gasteiger partial charge >= 0.3 is 0 Å². The maximum Gasteiger partial charge on any atom is 0.163 e. The van der Waals surface area contributed by atoms with E-state index in [0.29, 0.717) is 31.6 Å². The fraction of sp³-hybridized carbons (Fsp3) is 0.567. The molecule has 0 unspecified atom stereocenters. The summed E-state index contributed by atoms with van der Waals surface area (Å²) in [4.78, 5) is 18.5. The molecule has 2 aliphatic heterocycles. The Morgan fingerprint density at radius 2 is 2.05 bits per heavy atom. The summed E-state index contributed by atoms with van der Waals surface area (Å²) in [5.41, 5.74) is -0.762. The van der Waals surface area contributed by atoms with Gasteiger partial charge < -0.3 is 14.8 Å². The minimum absolute atomic E-state index is 0.0467. The summed E-state index contributed by atoms with van der Waals surface area (Å²) in [6.45, 7) is 10.5. The summed E-state index contributed by atoms with van der Waals surface area (Å²) in [6.07, 6.45) is 3.64. The van der Waals surface area contributed by atoms with E-state index in [1.807, 2.05) is 19.9 Å². The second-order valence-electron chi connectivity index (χ2n) is 12.2. The summed E-state index contributed by atoms with van der Waals surface area (Å²) in [5.74, 6) is -2.15. The molecule has 1 aromatic carbocycles. The highest BCUT2D eigenvalue weighted by molar-refractivity contribution is 9.10. The largest absolute Gasteiger partial charge is 0.348 e. The van der Waals surface area contributed by atoms with Crippen LogP contribution in [0.3, 0.4) is 0 Å². The van der Waals surface area contributed by atoms with Crippen molar-refractivity contribution in [1.29, 1.82) is 5.26 Å². The molecule has 0 amide bonds. The molecule has 2 saturated heterocycles. The van der Waals surface area contributed by atoms with E-state index >= 15 is 4.39 Å². The zero-order valence-corrected chi connectivity index (χ0v) is 25.4. The number of ether oxygens (including phenoxy) is 2. The molecule has 0 spiro atoms. The molecule has 39 heavy (non-hydrogen) atoms. The number of nitrogens with zero attached hydrogens (tertiary/aromatic N) is 2. The van der Waals surface area contributed by atoms with E-state index in [-0.39, 0.29) is 34.3 Å². The molecule has 9 heteroatoms. The minimum Gasteiger partial charge on any atom is -0.348 e. The number of hydrogen-bond donors (Lipinski definition) is 1. The van der Waals surface area contributed by atoms with Crippen molar-refractivity contribution >= 4 is 33.3 Å². The molecule has 2 fully saturated rings. The average molecular weight is 621 g/mol. The number of carbonyl (C=O) groups is 1. The van der Waals surface area contributed by atoms with Crippen LogP contribution in [0.25, 0.3) is 0 Å². The van der Waals surface area contributed by atoms with Gasteiger partial charge in [-0.3, -0.25) is 9.78 Å². The van der Waals surface area contributed by atoms with E-state index in [0.717, 1.165) is 4.47 Å². The lowest BCUT2D eigenvalue weighted by Gasteiger charge is -2.36. The number of nitrogens with one attached hydrogen (secondary N) is 1. The zero-order valence-electron chi connectivity index (χ0n) is 23.1. The van der Waals surface area contributed by atoms with Gasteiger partial charge in [-0.25, -0.2) is 4.39 Å². The Labute approximate surface area is 243 Å². The van der Waals surface area contributed by atoms with Crippen molar-refractivity contribution in [2.24, 2.45) is 5.41 Å². The third-order valence-corrected chi connectivity index (χ3v) is 8.35. The topological polar surface area (TPSA) is 84.2 Å². The Morgan fingerprint density at radius 1 is 1.31 bits per heavy atom. The van der Waals surface area contributed by atoms with Crippen LogP contribution >= 0.6 is 27.5 Å². The van der Waals surface area contributed by atoms with Gasteiger partial charge in [-0.15, -0.1) is 0 Å². The molecule has 4 rings (SSSR count). The first-order chi connectivity index (χ1) is 18.3. The number of ketones is 1. The van der Waals surface area contributed by atoms with Gasteiger partial charge in [0.2, 0.25) is 0 Å². The highest BCUT2D eigenvalue weighted by atomic mass is 79.9. The smallest absolute Gasteiger partial charge is 0.163 e. The predicted octanol–water partition coefficient (Wildman–Crippen LogP) is 6.85. The third-order valence-electron chi connectivity index (χ3n) is 7.59. The van der Waals surface area contributed by atoms with Crippen LogP contribution in [0.2, 0.25) is 5.02 Å². The quantitative estimate of drug-likeness (QED) is 0.348. The lowest BCUT2D eigenvalue weighted by Crippen LogP contribution is -2.44. The van der Waals surface area contributed by atoms with Gasteiger partial charge in [-0.2, -0.15) is 5.26 Å². The minimum atomic E-state index is -1.31. The van der Waals surface area contributed by atoms with Gasteiger partial charge in [0.1, 0.15) is 17.0 Å². The molecule has 3 heterocycles. The van der Waals surface area contributed by atoms with Crippen LogP contribution in [0.4, 0.5) is 4.39 Å². The number of Topliss-reactive ketones (excluding diaryl/α,β-unsaturated/α-hetero) is 1. The third kappa shape index (κ3) is 6.39. The summed E-state index contributed by atoms with van der Waals surface area (Å²) in [6, 6.07) is 9.65. The highest BCUT2D eigenvalue weighted by Crippen LogP contribution is 2.52. The Kier molecular flexibility index (Phi) is 8.90. The van der Waals surface area contributed by atoms with E-state index in [1.165, 1.54) is 6.07 Å². The second-order valence-corrected chi connectivity index (χ2v) is 13.6. The standard InChI is InChI=1S/C30H36BrClFN3O3/c1-28(2,3)14-24-30(17-34,23-13-12-18(31)15-35-23)25(20-9-7-10-21(32)26(20)33)27(36-24)22(37)11-6-8-19-16-38-29(4,5)39-19/h7,9-10,12-13,15,19,24-25,27,36H,6,8,11,14,16H2,1-5H3/t19-,24-,25-,27-,30-/m0/s1. The number of nitriles is 1. The Morgan fingerprint density at radius 3 is 2.64 bits per heavy atom. The van der Waals surface area contributed by atoms with Crippen molar-refractivity contribution in [2.45, 2.75) is 95.6 Å². The Balaban J connectivity index is 1.75. The fourth-order valence-corrected chi connectivity index (χ4v) is 6.36. The van der Waals surface area contributed by atoms with Gasteiger partial charge in [-0.1, -0.05) is 44.5 Å². The van der Waals surface area contributed by atoms with Gasteiger partial charge in [0, 0.05) is 29.1 Å². The van der Waals surface area contributed by atoms with Crippen LogP contribution in [-0.4, -0.2) is 41.3 Å². The molecule has 1 aromatic heterocycles. The predicted molar refractivity (Wildman–Crippen MR) is 152 cm³/mol. The summed E-state index contributed by atoms with van der Waals surface area (Å²) in [5, 5.41) is 14.4. The molecule has 6 nitrogen and oxygen atoms in total. The van der Waals surface area contributed by atoms with Gasteiger partial charge in [0.25, 0.3) is 0 Å². The molecule has 5 atom stereocenters. The van der Waals surface area contributed by atoms with E-state index in [2.05, 4.69) is 53.1 Å². The van der Waals surface area contributed by atoms with Crippen molar-refractivity contribution in [3.05, 3.63) is 63.1 Å². The molecule has 0 radical (unpaired) electrons. The number of hydrogen-bond acceptors (Lipinski definition) is 6. The first kappa shape index (κ1) is 30.1. The SMILES string of the molecule is CC(C)(C)C[C@@H]1N[C@@H](C(=O)CCC[C@H]2COC(C)(C)O2)[C@H](c2cccc(Cl)c2F)[C@@]1(C#N)c1ccc(Br)cn1. The number of carbonyl (C=O) groups excluding carboxylic acids is 1. The van der Waals surface area contributed by atoms with Crippen molar-refractivity contribution in [2.75, 3.05) is 6.61 Å². The first-order valence-corrected chi connectivity index (χ1v) is 14.5. The van der Waals surface area contributed by atoms with Crippen molar-refractivity contribution < 1.29 is 18.7 Å². The summed E-state index contributed by atoms with van der Waals surface area (Å²) in [7, 11) is 0. The highest BCUT2D eigenvalue weighted by Gasteiger charge is 2.60. The Hall–Kier alpha value is -1.89. The normalized spacial score (nSPS) is 28.4. The second kappa shape index (κ2) is 11.5. The van der Waals surface area contributed by atoms with Crippen LogP contribution in [0, 0.1) is 22.6 Å². The molecule has 0 aliphatic carbocycles. The van der Waals surface area contributed by atoms with Gasteiger partial charge in [-0.05, 0) is 78.2 Å². The van der Waals surface area contributed by atoms with Crippen LogP contribution in [0.5, 0.6) is 0 Å². The maximum atomic E-state index is 15.7. The number of aromatic nitrogens is 1. The van der Waals surface area contributed by atoms with Crippen molar-refractivity contribution in [3.63, 3.8) is 0 Å². The molecule has 210 valence electrons. The van der Waals surface area contributed by atoms with Crippen molar-refractivity contribution in [1.82, 2.24) is 10.3 Å². The molecule has 0 bridgehead atoms. The molecule has 2 aromatic rings. The molecule has 0 saturated carbocycles. The van der Waals surface area contributed by atoms with E-state index < -0.39 is 35.0 Å². The summed E-state index contributed by atoms with van der Waals surface area (Å²) >= 11 is 9.66. The molecular formula is C30H36BrClFN3O3. The van der Waals surface area contributed by atoms with Gasteiger partial charge in [0.15, 0.2) is 5.79 Å². The van der Waals surface area contributed by atoms with E-state index in [9.17, 15) is 10.1 Å². The van der Waals surface area contributed by atoms with Crippen LogP contribution < -0.4 is 5.32 Å². The summed E-state index contributed by atoms with van der Waals surface area (Å²) < 4.78 is 28.0. The van der Waals surface area contributed by atoms with Crippen LogP contribution in [-0.2, 0) is 19.7 Å². The van der Waals surface area contributed by atoms with E-state index in [1.54, 1.807) is 24.4 Å². The molecule has 1 N–H and O–H groups in total. The zero-order chi connectivity index (χ0) is 28.6. The van der Waals surface area contributed by atoms with E-state index in [4.69, 9.17) is 21.1 Å². The number of halogens is 3. The lowest BCUT2D eigenvalue weighted by molar-refractivity contribution is -0.139. The lowest BCUT2D eigenvalue weighted by atomic mass is 9.64. The molecular weight excluding hydrogens is 585 g/mol. The maximum absolute atomic E-state index is 15.7. The molecule has 2 aliphatic rings. The monoisotopic (exact) mass is 619 g/mol. The van der Waals surface area contributed by atoms with Crippen LogP contribution in [0.15, 0.2) is 41.0 Å². The van der Waals surface area contributed by atoms with Crippen LogP contribution in [0.1, 0.15) is 77.5 Å². The average Bonchev–Trinajstić information content (AvgIpc) is 3.37. The number of rotatable bonds is 8. The number of benzene rings is 1. The Bertz CT molecular complexity index is 1240.